The van der Waals surface area contributed by atoms with E-state index in [2.05, 4.69) is 29.1 Å². The van der Waals surface area contributed by atoms with Crippen LogP contribution in [0.5, 0.6) is 0 Å². The van der Waals surface area contributed by atoms with E-state index in [1.807, 2.05) is 17.0 Å². The maximum atomic E-state index is 12.5. The molecule has 0 aromatic carbocycles. The van der Waals surface area contributed by atoms with Gasteiger partial charge in [0, 0.05) is 19.3 Å². The van der Waals surface area contributed by atoms with Crippen LogP contribution in [0.3, 0.4) is 0 Å². The third-order valence-electron chi connectivity index (χ3n) is 3.15. The van der Waals surface area contributed by atoms with Crippen LogP contribution in [0.15, 0.2) is 35.1 Å². The van der Waals surface area contributed by atoms with Crippen molar-refractivity contribution in [2.24, 2.45) is 0 Å². The van der Waals surface area contributed by atoms with Crippen molar-refractivity contribution >= 4 is 11.9 Å². The van der Waals surface area contributed by atoms with E-state index >= 15 is 0 Å². The average Bonchev–Trinajstić information content (AvgIpc) is 3.06. The highest BCUT2D eigenvalue weighted by atomic mass is 16.3. The van der Waals surface area contributed by atoms with Gasteiger partial charge in [0.1, 0.15) is 11.5 Å². The van der Waals surface area contributed by atoms with Crippen molar-refractivity contribution < 1.29 is 9.21 Å². The molecular weight excluding hydrogens is 280 g/mol. The van der Waals surface area contributed by atoms with Crippen molar-refractivity contribution in [2.45, 2.75) is 33.2 Å². The summed E-state index contributed by atoms with van der Waals surface area (Å²) in [7, 11) is 0. The Balaban J connectivity index is 2.04. The number of carbonyl (C=O) groups excluding carboxylic acids is 1. The number of hydrogen-bond donors (Lipinski definition) is 1. The highest BCUT2D eigenvalue weighted by molar-refractivity contribution is 5.92. The number of anilines is 1. The van der Waals surface area contributed by atoms with Crippen LogP contribution in [-0.4, -0.2) is 33.9 Å². The monoisotopic (exact) mass is 302 g/mol. The molecule has 0 aliphatic carbocycles. The number of nitrogens with one attached hydrogen (secondary N) is 1. The average molecular weight is 302 g/mol. The summed E-state index contributed by atoms with van der Waals surface area (Å²) in [5.74, 6) is 1.17. The fourth-order valence-corrected chi connectivity index (χ4v) is 2.16. The molecule has 1 N–H and O–H groups in total. The Bertz CT molecular complexity index is 578. The minimum atomic E-state index is -0.0489. The summed E-state index contributed by atoms with van der Waals surface area (Å²) in [5, 5.41) is 3.06. The molecule has 0 aliphatic heterocycles. The summed E-state index contributed by atoms with van der Waals surface area (Å²) in [5.41, 5.74) is 0.416. The molecule has 0 bridgehead atoms. The van der Waals surface area contributed by atoms with E-state index in [0.717, 1.165) is 31.7 Å². The van der Waals surface area contributed by atoms with Crippen molar-refractivity contribution in [2.75, 3.05) is 18.4 Å². The summed E-state index contributed by atoms with van der Waals surface area (Å²) in [6.45, 7) is 6.09. The van der Waals surface area contributed by atoms with Gasteiger partial charge in [-0.15, -0.1) is 0 Å². The van der Waals surface area contributed by atoms with Crippen LogP contribution in [-0.2, 0) is 6.54 Å². The fraction of sp³-hybridized carbons (Fsp3) is 0.438. The van der Waals surface area contributed by atoms with E-state index < -0.39 is 0 Å². The number of furan rings is 1. The first-order chi connectivity index (χ1) is 10.7. The maximum Gasteiger partial charge on any atom is 0.272 e. The van der Waals surface area contributed by atoms with Gasteiger partial charge >= 0.3 is 0 Å². The van der Waals surface area contributed by atoms with Crippen molar-refractivity contribution in [3.8, 4) is 0 Å². The SMILES string of the molecule is CCCN(CCC)C(=O)c1ccnc(NCc2ccco2)n1. The molecule has 6 heteroatoms. The Morgan fingerprint density at radius 3 is 2.68 bits per heavy atom. The lowest BCUT2D eigenvalue weighted by molar-refractivity contribution is 0.0749. The summed E-state index contributed by atoms with van der Waals surface area (Å²) >= 11 is 0. The molecule has 0 radical (unpaired) electrons. The minimum absolute atomic E-state index is 0.0489. The summed E-state index contributed by atoms with van der Waals surface area (Å²) in [6, 6.07) is 5.34. The van der Waals surface area contributed by atoms with Crippen LogP contribution in [0.4, 0.5) is 5.95 Å². The molecule has 0 saturated heterocycles. The Morgan fingerprint density at radius 2 is 2.05 bits per heavy atom. The van der Waals surface area contributed by atoms with Crippen LogP contribution in [0.1, 0.15) is 42.9 Å². The van der Waals surface area contributed by atoms with E-state index in [-0.39, 0.29) is 5.91 Å². The van der Waals surface area contributed by atoms with E-state index in [1.54, 1.807) is 18.5 Å². The van der Waals surface area contributed by atoms with Gasteiger partial charge in [0.05, 0.1) is 12.8 Å². The number of carbonyl (C=O) groups is 1. The van der Waals surface area contributed by atoms with Gasteiger partial charge < -0.3 is 14.6 Å². The van der Waals surface area contributed by atoms with Gasteiger partial charge in [-0.25, -0.2) is 9.97 Å². The van der Waals surface area contributed by atoms with Gasteiger partial charge in [0.2, 0.25) is 5.95 Å². The summed E-state index contributed by atoms with van der Waals surface area (Å²) < 4.78 is 5.24. The van der Waals surface area contributed by atoms with Crippen LogP contribution in [0, 0.1) is 0 Å². The maximum absolute atomic E-state index is 12.5. The van der Waals surface area contributed by atoms with Crippen molar-refractivity contribution in [3.05, 3.63) is 42.1 Å². The van der Waals surface area contributed by atoms with Crippen molar-refractivity contribution in [3.63, 3.8) is 0 Å². The highest BCUT2D eigenvalue weighted by Crippen LogP contribution is 2.08. The first kappa shape index (κ1) is 16.0. The Labute approximate surface area is 130 Å². The molecule has 0 spiro atoms. The van der Waals surface area contributed by atoms with E-state index in [9.17, 15) is 4.79 Å². The quantitative estimate of drug-likeness (QED) is 0.811. The molecule has 1 amide bonds. The second-order valence-corrected chi connectivity index (χ2v) is 4.99. The predicted molar refractivity (Wildman–Crippen MR) is 84.6 cm³/mol. The topological polar surface area (TPSA) is 71.3 Å². The lowest BCUT2D eigenvalue weighted by Crippen LogP contribution is -2.33. The van der Waals surface area contributed by atoms with E-state index in [1.165, 1.54) is 0 Å². The first-order valence-electron chi connectivity index (χ1n) is 7.63. The lowest BCUT2D eigenvalue weighted by atomic mass is 10.3. The summed E-state index contributed by atoms with van der Waals surface area (Å²) in [4.78, 5) is 22.8. The number of amides is 1. The molecule has 2 rings (SSSR count). The summed E-state index contributed by atoms with van der Waals surface area (Å²) in [6.07, 6.45) is 5.08. The van der Waals surface area contributed by atoms with Crippen LogP contribution >= 0.6 is 0 Å². The van der Waals surface area contributed by atoms with Gasteiger partial charge in [-0.3, -0.25) is 4.79 Å². The lowest BCUT2D eigenvalue weighted by Gasteiger charge is -2.21. The van der Waals surface area contributed by atoms with Gasteiger partial charge in [-0.1, -0.05) is 13.8 Å². The smallest absolute Gasteiger partial charge is 0.272 e. The Hall–Kier alpha value is -2.37. The van der Waals surface area contributed by atoms with Crippen molar-refractivity contribution in [1.29, 1.82) is 0 Å². The van der Waals surface area contributed by atoms with Crippen molar-refractivity contribution in [1.82, 2.24) is 14.9 Å². The number of aromatic nitrogens is 2. The second-order valence-electron chi connectivity index (χ2n) is 4.99. The molecular formula is C16H22N4O2. The van der Waals surface area contributed by atoms with Crippen LogP contribution < -0.4 is 5.32 Å². The molecule has 0 atom stereocenters. The van der Waals surface area contributed by atoms with E-state index in [0.29, 0.717) is 18.2 Å². The highest BCUT2D eigenvalue weighted by Gasteiger charge is 2.16. The standard InChI is InChI=1S/C16H22N4O2/c1-3-9-20(10-4-2)15(21)14-7-8-17-16(19-14)18-12-13-6-5-11-22-13/h5-8,11H,3-4,9-10,12H2,1-2H3,(H,17,18,19). The Kier molecular flexibility index (Phi) is 5.94. The largest absolute Gasteiger partial charge is 0.467 e. The van der Waals surface area contributed by atoms with Gasteiger partial charge in [0.25, 0.3) is 5.91 Å². The molecule has 0 unspecified atom stereocenters. The number of rotatable bonds is 8. The number of hydrogen-bond acceptors (Lipinski definition) is 5. The fourth-order valence-electron chi connectivity index (χ4n) is 2.16. The molecule has 22 heavy (non-hydrogen) atoms. The Morgan fingerprint density at radius 1 is 1.27 bits per heavy atom. The third-order valence-corrected chi connectivity index (χ3v) is 3.15. The van der Waals surface area contributed by atoms with Gasteiger partial charge in [0.15, 0.2) is 0 Å². The zero-order valence-corrected chi connectivity index (χ0v) is 13.1. The molecule has 2 heterocycles. The predicted octanol–water partition coefficient (Wildman–Crippen LogP) is 2.94. The van der Waals surface area contributed by atoms with E-state index in [4.69, 9.17) is 4.42 Å². The first-order valence-corrected chi connectivity index (χ1v) is 7.63. The second kappa shape index (κ2) is 8.17. The van der Waals surface area contributed by atoms with Crippen LogP contribution in [0.25, 0.3) is 0 Å². The van der Waals surface area contributed by atoms with Gasteiger partial charge in [-0.2, -0.15) is 0 Å². The molecule has 0 fully saturated rings. The molecule has 2 aromatic rings. The minimum Gasteiger partial charge on any atom is -0.467 e. The zero-order valence-electron chi connectivity index (χ0n) is 13.1. The molecule has 0 aliphatic rings. The van der Waals surface area contributed by atoms with Gasteiger partial charge in [-0.05, 0) is 31.0 Å². The van der Waals surface area contributed by atoms with Crippen LogP contribution in [0.2, 0.25) is 0 Å². The third kappa shape index (κ3) is 4.31. The zero-order chi connectivity index (χ0) is 15.8. The number of nitrogens with zero attached hydrogens (tertiary/aromatic N) is 3. The molecule has 0 saturated carbocycles. The molecule has 6 nitrogen and oxygen atoms in total. The normalized spacial score (nSPS) is 10.5. The molecule has 118 valence electrons. The molecule has 2 aromatic heterocycles.